The van der Waals surface area contributed by atoms with Gasteiger partial charge < -0.3 is 4.74 Å². The van der Waals surface area contributed by atoms with E-state index in [2.05, 4.69) is 0 Å². The van der Waals surface area contributed by atoms with Gasteiger partial charge in [-0.3, -0.25) is 4.79 Å². The maximum Gasteiger partial charge on any atom is 0.307 e. The van der Waals surface area contributed by atoms with Gasteiger partial charge >= 0.3 is 5.97 Å². The van der Waals surface area contributed by atoms with Gasteiger partial charge in [0, 0.05) is 6.42 Å². The summed E-state index contributed by atoms with van der Waals surface area (Å²) in [5.74, 6) is -0.322. The zero-order valence-electron chi connectivity index (χ0n) is 8.69. The van der Waals surface area contributed by atoms with Gasteiger partial charge in [-0.15, -0.1) is 0 Å². The first kappa shape index (κ1) is 11.3. The Morgan fingerprint density at radius 3 is 2.67 bits per heavy atom. The number of carbonyl (C=O) groups excluding carboxylic acids is 1. The molecule has 0 saturated carbocycles. The number of aryl methyl sites for hydroxylation is 1. The van der Waals surface area contributed by atoms with Crippen LogP contribution in [-0.2, 0) is 16.1 Å². The molecule has 0 aliphatic carbocycles. The molecule has 0 aliphatic heterocycles. The van der Waals surface area contributed by atoms with Crippen molar-refractivity contribution in [1.82, 2.24) is 0 Å². The largest absolute Gasteiger partial charge is 0.461 e. The van der Waals surface area contributed by atoms with E-state index in [0.29, 0.717) is 0 Å². The molecule has 0 N–H and O–H groups in total. The highest BCUT2D eigenvalue weighted by molar-refractivity contribution is 5.69. The molecule has 0 bridgehead atoms. The molecular formula is C12H13NO2. The van der Waals surface area contributed by atoms with Crippen molar-refractivity contribution in [2.45, 2.75) is 26.4 Å². The number of benzene rings is 1. The van der Waals surface area contributed by atoms with E-state index in [-0.39, 0.29) is 25.4 Å². The third kappa shape index (κ3) is 4.28. The van der Waals surface area contributed by atoms with Crippen LogP contribution in [0.3, 0.4) is 0 Å². The van der Waals surface area contributed by atoms with Gasteiger partial charge in [-0.2, -0.15) is 5.26 Å². The second-order valence-corrected chi connectivity index (χ2v) is 3.30. The van der Waals surface area contributed by atoms with Crippen LogP contribution >= 0.6 is 0 Å². The molecule has 0 heterocycles. The fourth-order valence-electron chi connectivity index (χ4n) is 1.08. The molecular weight excluding hydrogens is 190 g/mol. The summed E-state index contributed by atoms with van der Waals surface area (Å²) >= 11 is 0. The number of ether oxygens (including phenoxy) is 1. The Morgan fingerprint density at radius 2 is 2.07 bits per heavy atom. The predicted octanol–water partition coefficient (Wildman–Crippen LogP) is 2.34. The van der Waals surface area contributed by atoms with Crippen molar-refractivity contribution in [3.05, 3.63) is 35.4 Å². The molecule has 0 amide bonds. The summed E-state index contributed by atoms with van der Waals surface area (Å²) in [6.45, 7) is 2.28. The van der Waals surface area contributed by atoms with E-state index < -0.39 is 0 Å². The van der Waals surface area contributed by atoms with Crippen molar-refractivity contribution in [2.75, 3.05) is 0 Å². The number of nitriles is 1. The number of rotatable bonds is 4. The van der Waals surface area contributed by atoms with Gasteiger partial charge in [-0.05, 0) is 12.5 Å². The molecule has 78 valence electrons. The SMILES string of the molecule is Cc1ccc(COC(=O)CCC#N)cc1. The number of carbonyl (C=O) groups is 1. The molecule has 0 fully saturated rings. The van der Waals surface area contributed by atoms with E-state index in [1.54, 1.807) is 0 Å². The van der Waals surface area contributed by atoms with Crippen molar-refractivity contribution in [3.63, 3.8) is 0 Å². The quantitative estimate of drug-likeness (QED) is 0.706. The zero-order chi connectivity index (χ0) is 11.1. The number of esters is 1. The highest BCUT2D eigenvalue weighted by Gasteiger charge is 2.02. The van der Waals surface area contributed by atoms with E-state index in [4.69, 9.17) is 10.00 Å². The summed E-state index contributed by atoms with van der Waals surface area (Å²) in [5.41, 5.74) is 2.14. The van der Waals surface area contributed by atoms with Gasteiger partial charge in [0.2, 0.25) is 0 Å². The molecule has 0 aromatic heterocycles. The van der Waals surface area contributed by atoms with Gasteiger partial charge in [0.1, 0.15) is 6.61 Å². The molecule has 1 aromatic carbocycles. The van der Waals surface area contributed by atoms with E-state index in [9.17, 15) is 4.79 Å². The fraction of sp³-hybridized carbons (Fsp3) is 0.333. The third-order valence-electron chi connectivity index (χ3n) is 1.96. The summed E-state index contributed by atoms with van der Waals surface area (Å²) < 4.78 is 4.98. The Hall–Kier alpha value is -1.82. The van der Waals surface area contributed by atoms with Crippen LogP contribution < -0.4 is 0 Å². The minimum absolute atomic E-state index is 0.169. The van der Waals surface area contributed by atoms with Crippen molar-refractivity contribution in [1.29, 1.82) is 5.26 Å². The molecule has 0 saturated heterocycles. The van der Waals surface area contributed by atoms with Crippen molar-refractivity contribution < 1.29 is 9.53 Å². The lowest BCUT2D eigenvalue weighted by Crippen LogP contribution is -2.03. The van der Waals surface area contributed by atoms with E-state index in [1.807, 2.05) is 37.3 Å². The monoisotopic (exact) mass is 203 g/mol. The van der Waals surface area contributed by atoms with Gasteiger partial charge in [0.15, 0.2) is 0 Å². The molecule has 1 aromatic rings. The average molecular weight is 203 g/mol. The normalized spacial score (nSPS) is 9.33. The smallest absolute Gasteiger partial charge is 0.307 e. The molecule has 0 unspecified atom stereocenters. The predicted molar refractivity (Wildman–Crippen MR) is 55.8 cm³/mol. The van der Waals surface area contributed by atoms with Crippen LogP contribution in [-0.4, -0.2) is 5.97 Å². The Balaban J connectivity index is 2.34. The first-order valence-electron chi connectivity index (χ1n) is 4.80. The molecule has 0 atom stereocenters. The van der Waals surface area contributed by atoms with Gasteiger partial charge in [0.05, 0.1) is 12.5 Å². The summed E-state index contributed by atoms with van der Waals surface area (Å²) in [6.07, 6.45) is 0.384. The van der Waals surface area contributed by atoms with E-state index >= 15 is 0 Å². The minimum atomic E-state index is -0.322. The molecule has 15 heavy (non-hydrogen) atoms. The zero-order valence-corrected chi connectivity index (χ0v) is 8.69. The topological polar surface area (TPSA) is 50.1 Å². The first-order valence-corrected chi connectivity index (χ1v) is 4.80. The molecule has 3 heteroatoms. The summed E-state index contributed by atoms with van der Waals surface area (Å²) in [6, 6.07) is 9.69. The maximum absolute atomic E-state index is 11.1. The van der Waals surface area contributed by atoms with Crippen LogP contribution in [0.5, 0.6) is 0 Å². The van der Waals surface area contributed by atoms with Gasteiger partial charge in [0.25, 0.3) is 0 Å². The highest BCUT2D eigenvalue weighted by Crippen LogP contribution is 2.05. The highest BCUT2D eigenvalue weighted by atomic mass is 16.5. The van der Waals surface area contributed by atoms with Gasteiger partial charge in [-0.1, -0.05) is 29.8 Å². The third-order valence-corrected chi connectivity index (χ3v) is 1.96. The van der Waals surface area contributed by atoms with Crippen LogP contribution in [0.15, 0.2) is 24.3 Å². The second-order valence-electron chi connectivity index (χ2n) is 3.30. The van der Waals surface area contributed by atoms with Crippen LogP contribution in [0.1, 0.15) is 24.0 Å². The fourth-order valence-corrected chi connectivity index (χ4v) is 1.08. The second kappa shape index (κ2) is 5.82. The molecule has 0 spiro atoms. The van der Waals surface area contributed by atoms with Crippen LogP contribution in [0.2, 0.25) is 0 Å². The molecule has 1 rings (SSSR count). The molecule has 0 aliphatic rings. The van der Waals surface area contributed by atoms with E-state index in [1.165, 1.54) is 5.56 Å². The Labute approximate surface area is 89.3 Å². The van der Waals surface area contributed by atoms with Crippen molar-refractivity contribution >= 4 is 5.97 Å². The lowest BCUT2D eigenvalue weighted by atomic mass is 10.2. The summed E-state index contributed by atoms with van der Waals surface area (Å²) in [5, 5.41) is 8.27. The lowest BCUT2D eigenvalue weighted by Gasteiger charge is -2.03. The van der Waals surface area contributed by atoms with Crippen LogP contribution in [0, 0.1) is 18.3 Å². The molecule has 0 radical (unpaired) electrons. The van der Waals surface area contributed by atoms with Crippen molar-refractivity contribution in [2.24, 2.45) is 0 Å². The first-order chi connectivity index (χ1) is 7.22. The number of hydrogen-bond donors (Lipinski definition) is 0. The van der Waals surface area contributed by atoms with Gasteiger partial charge in [-0.25, -0.2) is 0 Å². The van der Waals surface area contributed by atoms with Crippen LogP contribution in [0.4, 0.5) is 0 Å². The van der Waals surface area contributed by atoms with Crippen LogP contribution in [0.25, 0.3) is 0 Å². The Kier molecular flexibility index (Phi) is 4.36. The standard InChI is InChI=1S/C12H13NO2/c1-10-4-6-11(7-5-10)9-15-12(14)3-2-8-13/h4-7H,2-3,9H2,1H3. The minimum Gasteiger partial charge on any atom is -0.461 e. The maximum atomic E-state index is 11.1. The summed E-state index contributed by atoms with van der Waals surface area (Å²) in [7, 11) is 0. The van der Waals surface area contributed by atoms with Crippen molar-refractivity contribution in [3.8, 4) is 6.07 Å². The Morgan fingerprint density at radius 1 is 1.40 bits per heavy atom. The molecule has 3 nitrogen and oxygen atoms in total. The number of nitrogens with zero attached hydrogens (tertiary/aromatic N) is 1. The Bertz CT molecular complexity index is 362. The average Bonchev–Trinajstić information content (AvgIpc) is 2.25. The van der Waals surface area contributed by atoms with E-state index in [0.717, 1.165) is 5.56 Å². The lowest BCUT2D eigenvalue weighted by molar-refractivity contribution is -0.144. The summed E-state index contributed by atoms with van der Waals surface area (Å²) in [4.78, 5) is 11.1. The number of hydrogen-bond acceptors (Lipinski definition) is 3.